The number of morpholine rings is 1. The number of para-hydroxylation sites is 1. The Morgan fingerprint density at radius 3 is 2.76 bits per heavy atom. The third-order valence-corrected chi connectivity index (χ3v) is 4.67. The van der Waals surface area contributed by atoms with Crippen molar-refractivity contribution < 1.29 is 4.74 Å². The van der Waals surface area contributed by atoms with Crippen molar-refractivity contribution in [2.24, 2.45) is 0 Å². The summed E-state index contributed by atoms with van der Waals surface area (Å²) in [5, 5.41) is 0.626. The molecule has 1 aliphatic rings. The Morgan fingerprint density at radius 1 is 1.16 bits per heavy atom. The van der Waals surface area contributed by atoms with E-state index < -0.39 is 0 Å². The summed E-state index contributed by atoms with van der Waals surface area (Å²) in [5.41, 5.74) is 1.87. The van der Waals surface area contributed by atoms with Crippen LogP contribution in [0, 0.1) is 0 Å². The van der Waals surface area contributed by atoms with E-state index in [9.17, 15) is 4.79 Å². The molecular weight excluding hydrogens is 314 g/mol. The van der Waals surface area contributed by atoms with Crippen LogP contribution in [0.2, 0.25) is 0 Å². The van der Waals surface area contributed by atoms with Crippen molar-refractivity contribution in [3.05, 3.63) is 76.3 Å². The normalized spacial score (nSPS) is 21.5. The first-order valence-corrected chi connectivity index (χ1v) is 8.59. The van der Waals surface area contributed by atoms with Gasteiger partial charge in [0.2, 0.25) is 0 Å². The zero-order valence-corrected chi connectivity index (χ0v) is 14.2. The highest BCUT2D eigenvalue weighted by Crippen LogP contribution is 2.27. The molecule has 0 bridgehead atoms. The number of hydrogen-bond donors (Lipinski definition) is 1. The van der Waals surface area contributed by atoms with Crippen molar-refractivity contribution in [3.63, 3.8) is 0 Å². The van der Waals surface area contributed by atoms with Crippen LogP contribution in [-0.2, 0) is 11.3 Å². The van der Waals surface area contributed by atoms with E-state index >= 15 is 0 Å². The van der Waals surface area contributed by atoms with Gasteiger partial charge in [0.05, 0.1) is 36.2 Å². The van der Waals surface area contributed by atoms with Crippen molar-refractivity contribution in [1.82, 2.24) is 14.9 Å². The molecule has 3 aromatic rings. The fraction of sp³-hybridized carbons (Fsp3) is 0.300. The van der Waals surface area contributed by atoms with Gasteiger partial charge in [0, 0.05) is 6.54 Å². The number of hydrogen-bond acceptors (Lipinski definition) is 4. The average molecular weight is 335 g/mol. The molecule has 2 atom stereocenters. The van der Waals surface area contributed by atoms with Crippen LogP contribution in [0.25, 0.3) is 10.9 Å². The first-order chi connectivity index (χ1) is 12.2. The smallest absolute Gasteiger partial charge is 0.258 e. The number of H-pyrrole nitrogens is 1. The molecule has 1 fully saturated rings. The van der Waals surface area contributed by atoms with E-state index in [4.69, 9.17) is 4.74 Å². The summed E-state index contributed by atoms with van der Waals surface area (Å²) >= 11 is 0. The number of nitrogens with one attached hydrogen (secondary N) is 1. The van der Waals surface area contributed by atoms with Gasteiger partial charge in [0.25, 0.3) is 5.56 Å². The molecule has 0 saturated carbocycles. The molecular formula is C20H21N3O2. The number of nitrogens with zero attached hydrogens (tertiary/aromatic N) is 2. The predicted molar refractivity (Wildman–Crippen MR) is 97.4 cm³/mol. The lowest BCUT2D eigenvalue weighted by Gasteiger charge is -2.38. The van der Waals surface area contributed by atoms with E-state index in [1.165, 1.54) is 5.56 Å². The van der Waals surface area contributed by atoms with Crippen LogP contribution in [-0.4, -0.2) is 34.1 Å². The van der Waals surface area contributed by atoms with Crippen LogP contribution in [0.5, 0.6) is 0 Å². The molecule has 5 nitrogen and oxygen atoms in total. The summed E-state index contributed by atoms with van der Waals surface area (Å²) in [4.78, 5) is 22.2. The standard InChI is InChI=1S/C20H21N3O2/c1-14-11-23(18(13-25-14)15-7-3-2-4-8-15)12-19-21-17-10-6-5-9-16(17)20(24)22-19/h2-10,14,18H,11-13H2,1H3,(H,21,22,24)/t14-,18+/m0/s1. The van der Waals surface area contributed by atoms with Crippen LogP contribution in [0.4, 0.5) is 0 Å². The topological polar surface area (TPSA) is 58.2 Å². The van der Waals surface area contributed by atoms with Gasteiger partial charge in [-0.1, -0.05) is 42.5 Å². The second-order valence-electron chi connectivity index (χ2n) is 6.53. The molecule has 2 aromatic carbocycles. The van der Waals surface area contributed by atoms with Gasteiger partial charge >= 0.3 is 0 Å². The Labute approximate surface area is 146 Å². The maximum absolute atomic E-state index is 12.3. The van der Waals surface area contributed by atoms with Crippen molar-refractivity contribution in [1.29, 1.82) is 0 Å². The van der Waals surface area contributed by atoms with Gasteiger partial charge < -0.3 is 9.72 Å². The van der Waals surface area contributed by atoms with E-state index in [0.29, 0.717) is 24.4 Å². The molecule has 1 aromatic heterocycles. The molecule has 1 N–H and O–H groups in total. The highest BCUT2D eigenvalue weighted by Gasteiger charge is 2.28. The SMILES string of the molecule is C[C@H]1CN(Cc2nc3ccccc3c(=O)[nH]2)[C@@H](c2ccccc2)CO1. The molecule has 0 aliphatic carbocycles. The lowest BCUT2D eigenvalue weighted by molar-refractivity contribution is -0.0606. The van der Waals surface area contributed by atoms with Crippen LogP contribution in [0.3, 0.4) is 0 Å². The van der Waals surface area contributed by atoms with Crippen molar-refractivity contribution in [2.75, 3.05) is 13.2 Å². The summed E-state index contributed by atoms with van der Waals surface area (Å²) in [6.45, 7) is 4.11. The fourth-order valence-corrected chi connectivity index (χ4v) is 3.43. The second kappa shape index (κ2) is 6.78. The van der Waals surface area contributed by atoms with Gasteiger partial charge in [0.15, 0.2) is 0 Å². The minimum atomic E-state index is -0.0850. The summed E-state index contributed by atoms with van der Waals surface area (Å²) in [6, 6.07) is 17.9. The fourth-order valence-electron chi connectivity index (χ4n) is 3.43. The highest BCUT2D eigenvalue weighted by molar-refractivity contribution is 5.77. The lowest BCUT2D eigenvalue weighted by Crippen LogP contribution is -2.43. The molecule has 1 saturated heterocycles. The first kappa shape index (κ1) is 16.0. The summed E-state index contributed by atoms with van der Waals surface area (Å²) in [5.74, 6) is 0.693. The summed E-state index contributed by atoms with van der Waals surface area (Å²) < 4.78 is 5.87. The minimum absolute atomic E-state index is 0.0850. The Balaban J connectivity index is 1.66. The molecule has 2 heterocycles. The van der Waals surface area contributed by atoms with E-state index in [2.05, 4.69) is 33.9 Å². The van der Waals surface area contributed by atoms with E-state index in [0.717, 1.165) is 12.1 Å². The van der Waals surface area contributed by atoms with Gasteiger partial charge in [-0.25, -0.2) is 4.98 Å². The zero-order chi connectivity index (χ0) is 17.2. The number of aromatic amines is 1. The number of fused-ring (bicyclic) bond motifs is 1. The molecule has 1 aliphatic heterocycles. The van der Waals surface area contributed by atoms with Gasteiger partial charge in [-0.3, -0.25) is 9.69 Å². The van der Waals surface area contributed by atoms with E-state index in [-0.39, 0.29) is 17.7 Å². The number of ether oxygens (including phenoxy) is 1. The van der Waals surface area contributed by atoms with Gasteiger partial charge in [-0.2, -0.15) is 0 Å². The van der Waals surface area contributed by atoms with Crippen LogP contribution in [0.1, 0.15) is 24.4 Å². The third-order valence-electron chi connectivity index (χ3n) is 4.67. The van der Waals surface area contributed by atoms with Crippen LogP contribution in [0.15, 0.2) is 59.4 Å². The van der Waals surface area contributed by atoms with Gasteiger partial charge in [0.1, 0.15) is 5.82 Å². The molecule has 0 radical (unpaired) electrons. The molecule has 5 heteroatoms. The monoisotopic (exact) mass is 335 g/mol. The molecule has 4 rings (SSSR count). The average Bonchev–Trinajstić information content (AvgIpc) is 2.63. The Bertz CT molecular complexity index is 923. The second-order valence-corrected chi connectivity index (χ2v) is 6.53. The van der Waals surface area contributed by atoms with Gasteiger partial charge in [-0.15, -0.1) is 0 Å². The maximum Gasteiger partial charge on any atom is 0.258 e. The minimum Gasteiger partial charge on any atom is -0.375 e. The van der Waals surface area contributed by atoms with Crippen molar-refractivity contribution in [3.8, 4) is 0 Å². The summed E-state index contributed by atoms with van der Waals surface area (Å²) in [6.07, 6.45) is 0.159. The maximum atomic E-state index is 12.3. The number of rotatable bonds is 3. The molecule has 0 spiro atoms. The Kier molecular flexibility index (Phi) is 4.34. The van der Waals surface area contributed by atoms with E-state index in [1.54, 1.807) is 6.07 Å². The first-order valence-electron chi connectivity index (χ1n) is 8.59. The molecule has 25 heavy (non-hydrogen) atoms. The third kappa shape index (κ3) is 3.34. The van der Waals surface area contributed by atoms with Crippen LogP contribution < -0.4 is 5.56 Å². The van der Waals surface area contributed by atoms with E-state index in [1.807, 2.05) is 36.4 Å². The van der Waals surface area contributed by atoms with Crippen molar-refractivity contribution in [2.45, 2.75) is 25.6 Å². The summed E-state index contributed by atoms with van der Waals surface area (Å²) in [7, 11) is 0. The van der Waals surface area contributed by atoms with Crippen LogP contribution >= 0.6 is 0 Å². The molecule has 0 amide bonds. The zero-order valence-electron chi connectivity index (χ0n) is 14.2. The Hall–Kier alpha value is -2.50. The van der Waals surface area contributed by atoms with Gasteiger partial charge in [-0.05, 0) is 24.6 Å². The predicted octanol–water partition coefficient (Wildman–Crippen LogP) is 2.89. The number of aromatic nitrogens is 2. The number of benzene rings is 2. The largest absolute Gasteiger partial charge is 0.375 e. The molecule has 0 unspecified atom stereocenters. The highest BCUT2D eigenvalue weighted by atomic mass is 16.5. The Morgan fingerprint density at radius 2 is 1.92 bits per heavy atom. The van der Waals surface area contributed by atoms with Crippen molar-refractivity contribution >= 4 is 10.9 Å². The molecule has 128 valence electrons. The lowest BCUT2D eigenvalue weighted by atomic mass is 10.0. The quantitative estimate of drug-likeness (QED) is 0.799.